The monoisotopic (exact) mass is 402 g/mol. The summed E-state index contributed by atoms with van der Waals surface area (Å²) in [5.41, 5.74) is 6.81. The van der Waals surface area contributed by atoms with Crippen LogP contribution in [0.1, 0.15) is 73.1 Å². The van der Waals surface area contributed by atoms with Gasteiger partial charge in [-0.3, -0.25) is 4.79 Å². The minimum atomic E-state index is 0. The van der Waals surface area contributed by atoms with Crippen molar-refractivity contribution in [3.8, 4) is 6.07 Å². The third-order valence-electron chi connectivity index (χ3n) is 6.14. The number of rotatable bonds is 1. The number of fused-ring (bicyclic) bond motifs is 4. The maximum Gasteiger partial charge on any atom is 0.254 e. The molecule has 5 nitrogen and oxygen atoms in total. The summed E-state index contributed by atoms with van der Waals surface area (Å²) in [4.78, 5) is 22.7. The van der Waals surface area contributed by atoms with E-state index in [-0.39, 0.29) is 13.4 Å². The molecule has 1 N–H and O–H groups in total. The maximum atomic E-state index is 13.3. The zero-order valence-electron chi connectivity index (χ0n) is 17.9. The summed E-state index contributed by atoms with van der Waals surface area (Å²) in [6.45, 7) is 7.03. The molecule has 2 aliphatic rings. The molecule has 30 heavy (non-hydrogen) atoms. The van der Waals surface area contributed by atoms with Crippen molar-refractivity contribution in [1.29, 1.82) is 5.26 Å². The number of benzene rings is 2. The van der Waals surface area contributed by atoms with Gasteiger partial charge in [-0.05, 0) is 67.1 Å². The van der Waals surface area contributed by atoms with E-state index in [2.05, 4.69) is 42.0 Å². The third-order valence-corrected chi connectivity index (χ3v) is 6.14. The van der Waals surface area contributed by atoms with Gasteiger partial charge < -0.3 is 9.88 Å². The predicted octanol–water partition coefficient (Wildman–Crippen LogP) is 5.35. The van der Waals surface area contributed by atoms with Gasteiger partial charge in [0, 0.05) is 25.5 Å². The Morgan fingerprint density at radius 1 is 1.33 bits per heavy atom. The summed E-state index contributed by atoms with van der Waals surface area (Å²) >= 11 is 0. The Balaban J connectivity index is 0.000000645. The van der Waals surface area contributed by atoms with Crippen molar-refractivity contribution in [1.82, 2.24) is 14.9 Å². The van der Waals surface area contributed by atoms with Crippen LogP contribution in [0.4, 0.5) is 0 Å². The molecule has 0 saturated carbocycles. The lowest BCUT2D eigenvalue weighted by Crippen LogP contribution is -2.46. The molecular weight excluding hydrogens is 372 g/mol. The number of aromatic nitrogens is 2. The largest absolute Gasteiger partial charge is 0.345 e. The van der Waals surface area contributed by atoms with Crippen LogP contribution in [0.3, 0.4) is 0 Å². The van der Waals surface area contributed by atoms with E-state index in [0.29, 0.717) is 11.5 Å². The Kier molecular flexibility index (Phi) is 5.59. The molecule has 1 amide bonds. The van der Waals surface area contributed by atoms with Crippen molar-refractivity contribution in [2.24, 2.45) is 0 Å². The van der Waals surface area contributed by atoms with Gasteiger partial charge in [-0.2, -0.15) is 5.26 Å². The number of aryl methyl sites for hydroxylation is 1. The number of carbonyl (C=O) groups is 1. The van der Waals surface area contributed by atoms with Gasteiger partial charge in [0.25, 0.3) is 5.91 Å². The van der Waals surface area contributed by atoms with Gasteiger partial charge >= 0.3 is 0 Å². The first kappa shape index (κ1) is 20.2. The zero-order valence-corrected chi connectivity index (χ0v) is 17.9. The number of likely N-dealkylation sites (tertiary alicyclic amines) is 1. The summed E-state index contributed by atoms with van der Waals surface area (Å²) in [7, 11) is 0. The van der Waals surface area contributed by atoms with Crippen molar-refractivity contribution < 1.29 is 6.22 Å². The molecule has 0 spiro atoms. The van der Waals surface area contributed by atoms with E-state index in [0.717, 1.165) is 48.0 Å². The average molecular weight is 403 g/mol. The van der Waals surface area contributed by atoms with Crippen molar-refractivity contribution in [3.05, 3.63) is 64.5 Å². The molecule has 5 heteroatoms. The molecule has 0 radical (unpaired) electrons. The van der Waals surface area contributed by atoms with Gasteiger partial charge in [-0.25, -0.2) is 4.98 Å². The fraction of sp³-hybridized carbons (Fsp3) is 0.400. The molecule has 0 bridgehead atoms. The highest BCUT2D eigenvalue weighted by atomic mass is 16.2. The number of carbonyl (C=O) groups excluding carboxylic acids is 1. The Labute approximate surface area is 179 Å². The topological polar surface area (TPSA) is 72.8 Å². The number of nitrogens with one attached hydrogen (secondary N) is 1. The lowest BCUT2D eigenvalue weighted by molar-refractivity contribution is 0.0595. The van der Waals surface area contributed by atoms with Gasteiger partial charge in [0.05, 0.1) is 29.0 Å². The lowest BCUT2D eigenvalue weighted by Gasteiger charge is -2.38. The number of nitrogens with zero attached hydrogens (tertiary/aromatic N) is 3. The zero-order chi connectivity index (χ0) is 21.3. The standard InChI is InChI=1S/C22H20N4O.C3H8.H2/c1-13-7-15-10-21-17(18(15)8-16(13)11-23)3-2-6-26(21)22(27)14-4-5-19-20(9-14)25-12-24-19;1-3-2;/h4-5,7-9,12,17,21H,2-3,6,10H2,1H3,(H,24,25);3H2,1-2H3;1H/t17-,21+;;/m1../s1. The van der Waals surface area contributed by atoms with Crippen molar-refractivity contribution >= 4 is 16.9 Å². The van der Waals surface area contributed by atoms with Gasteiger partial charge in [-0.15, -0.1) is 0 Å². The summed E-state index contributed by atoms with van der Waals surface area (Å²) in [6, 6.07) is 12.4. The van der Waals surface area contributed by atoms with Gasteiger partial charge in [0.15, 0.2) is 0 Å². The smallest absolute Gasteiger partial charge is 0.254 e. The van der Waals surface area contributed by atoms with E-state index in [1.54, 1.807) is 6.33 Å². The lowest BCUT2D eigenvalue weighted by atomic mass is 9.87. The molecule has 1 aliphatic heterocycles. The van der Waals surface area contributed by atoms with Crippen LogP contribution in [0.2, 0.25) is 0 Å². The quantitative estimate of drug-likeness (QED) is 0.596. The molecule has 2 atom stereocenters. The van der Waals surface area contributed by atoms with Crippen LogP contribution in [0.5, 0.6) is 0 Å². The highest BCUT2D eigenvalue weighted by Gasteiger charge is 2.41. The predicted molar refractivity (Wildman–Crippen MR) is 121 cm³/mol. The summed E-state index contributed by atoms with van der Waals surface area (Å²) < 4.78 is 0. The minimum Gasteiger partial charge on any atom is -0.345 e. The van der Waals surface area contributed by atoms with Gasteiger partial charge in [0.1, 0.15) is 0 Å². The number of hydrogen-bond acceptors (Lipinski definition) is 3. The molecule has 5 rings (SSSR count). The second kappa shape index (κ2) is 8.31. The van der Waals surface area contributed by atoms with Crippen molar-refractivity contribution in [2.75, 3.05) is 6.54 Å². The van der Waals surface area contributed by atoms with Crippen LogP contribution >= 0.6 is 0 Å². The number of hydrogen-bond donors (Lipinski definition) is 1. The first-order chi connectivity index (χ1) is 14.6. The van der Waals surface area contributed by atoms with Crippen LogP contribution in [-0.2, 0) is 6.42 Å². The first-order valence-corrected chi connectivity index (χ1v) is 10.8. The van der Waals surface area contributed by atoms with Crippen molar-refractivity contribution in [3.63, 3.8) is 0 Å². The van der Waals surface area contributed by atoms with E-state index >= 15 is 0 Å². The summed E-state index contributed by atoms with van der Waals surface area (Å²) in [6.07, 6.45) is 5.85. The molecule has 3 aromatic rings. The number of piperidine rings is 1. The molecule has 2 heterocycles. The third kappa shape index (κ3) is 3.47. The van der Waals surface area contributed by atoms with Crippen LogP contribution in [0.15, 0.2) is 36.7 Å². The van der Waals surface area contributed by atoms with Crippen LogP contribution in [-0.4, -0.2) is 33.4 Å². The molecule has 1 fully saturated rings. The second-order valence-corrected chi connectivity index (χ2v) is 8.34. The van der Waals surface area contributed by atoms with E-state index in [9.17, 15) is 10.1 Å². The number of amides is 1. The fourth-order valence-corrected chi connectivity index (χ4v) is 4.81. The number of nitriles is 1. The van der Waals surface area contributed by atoms with Crippen LogP contribution < -0.4 is 0 Å². The summed E-state index contributed by atoms with van der Waals surface area (Å²) in [5, 5.41) is 9.38. The molecule has 1 saturated heterocycles. The first-order valence-electron chi connectivity index (χ1n) is 10.8. The Bertz CT molecular complexity index is 1130. The molecule has 2 aromatic carbocycles. The molecule has 0 unspecified atom stereocenters. The highest BCUT2D eigenvalue weighted by Crippen LogP contribution is 2.43. The number of imidazole rings is 1. The number of aromatic amines is 1. The maximum absolute atomic E-state index is 13.3. The number of H-pyrrole nitrogens is 1. The average Bonchev–Trinajstić information content (AvgIpc) is 3.36. The Morgan fingerprint density at radius 3 is 2.90 bits per heavy atom. The van der Waals surface area contributed by atoms with Crippen LogP contribution in [0.25, 0.3) is 11.0 Å². The van der Waals surface area contributed by atoms with Gasteiger partial charge in [0.2, 0.25) is 0 Å². The molecule has 1 aliphatic carbocycles. The minimum absolute atomic E-state index is 0. The molecular formula is C25H30N4O. The van der Waals surface area contributed by atoms with Crippen molar-refractivity contribution in [2.45, 2.75) is 58.4 Å². The van der Waals surface area contributed by atoms with E-state index in [1.165, 1.54) is 17.5 Å². The summed E-state index contributed by atoms with van der Waals surface area (Å²) in [5.74, 6) is 0.424. The van der Waals surface area contributed by atoms with E-state index < -0.39 is 0 Å². The normalized spacial score (nSPS) is 19.5. The van der Waals surface area contributed by atoms with Crippen LogP contribution in [0, 0.1) is 18.3 Å². The highest BCUT2D eigenvalue weighted by molar-refractivity contribution is 5.97. The van der Waals surface area contributed by atoms with E-state index in [1.807, 2.05) is 30.0 Å². The SMILES string of the molecule is CCC.Cc1cc2c(cc1C#N)[C@H]1CCCN(C(=O)c3ccc4nc[nH]c4c3)[C@H]1C2.[HH]. The Morgan fingerprint density at radius 2 is 2.13 bits per heavy atom. The molecule has 156 valence electrons. The molecule has 1 aromatic heterocycles. The van der Waals surface area contributed by atoms with Gasteiger partial charge in [-0.1, -0.05) is 26.3 Å². The fourth-order valence-electron chi connectivity index (χ4n) is 4.81. The Hall–Kier alpha value is -3.13. The van der Waals surface area contributed by atoms with E-state index in [4.69, 9.17) is 0 Å². The second-order valence-electron chi connectivity index (χ2n) is 8.34.